The lowest BCUT2D eigenvalue weighted by atomic mass is 10.2. The van der Waals surface area contributed by atoms with Gasteiger partial charge in [0.1, 0.15) is 5.69 Å². The molecule has 6 heteroatoms. The van der Waals surface area contributed by atoms with E-state index in [1.54, 1.807) is 13.0 Å². The highest BCUT2D eigenvalue weighted by atomic mass is 19.2. The number of nitrogens with two attached hydrogens (primary N) is 1. The van der Waals surface area contributed by atoms with Crippen LogP contribution in [0.3, 0.4) is 0 Å². The van der Waals surface area contributed by atoms with Crippen LogP contribution in [0.15, 0.2) is 24.3 Å². The number of benzene rings is 2. The summed E-state index contributed by atoms with van der Waals surface area (Å²) in [7, 11) is 0. The van der Waals surface area contributed by atoms with Gasteiger partial charge < -0.3 is 11.1 Å². The minimum atomic E-state index is -1.49. The number of hydrogen-bond donors (Lipinski definition) is 2. The Morgan fingerprint density at radius 3 is 2.00 bits per heavy atom. The maximum atomic E-state index is 13.5. The number of nitrogen functional groups attached to an aromatic ring is 1. The average molecular weight is 270 g/mol. The maximum absolute atomic E-state index is 13.5. The van der Waals surface area contributed by atoms with Crippen molar-refractivity contribution in [2.24, 2.45) is 0 Å². The normalized spacial score (nSPS) is 10.6. The summed E-state index contributed by atoms with van der Waals surface area (Å²) < 4.78 is 53.0. The molecule has 2 nitrogen and oxygen atoms in total. The van der Waals surface area contributed by atoms with E-state index in [1.807, 2.05) is 0 Å². The molecule has 0 aliphatic heterocycles. The molecule has 0 fully saturated rings. The summed E-state index contributed by atoms with van der Waals surface area (Å²) in [6, 6.07) is 4.73. The minimum Gasteiger partial charge on any atom is -0.399 e. The second kappa shape index (κ2) is 4.79. The van der Waals surface area contributed by atoms with E-state index in [2.05, 4.69) is 5.32 Å². The first-order valence-electron chi connectivity index (χ1n) is 5.35. The molecule has 0 atom stereocenters. The van der Waals surface area contributed by atoms with Crippen LogP contribution in [0.2, 0.25) is 0 Å². The van der Waals surface area contributed by atoms with E-state index in [0.29, 0.717) is 5.69 Å². The molecule has 0 saturated heterocycles. The van der Waals surface area contributed by atoms with E-state index in [9.17, 15) is 17.6 Å². The molecule has 0 aliphatic carbocycles. The molecule has 0 heterocycles. The smallest absolute Gasteiger partial charge is 0.185 e. The fraction of sp³-hybridized carbons (Fsp3) is 0.0769. The van der Waals surface area contributed by atoms with Gasteiger partial charge in [0.15, 0.2) is 23.3 Å². The molecule has 0 amide bonds. The number of hydrogen-bond acceptors (Lipinski definition) is 2. The highest BCUT2D eigenvalue weighted by molar-refractivity contribution is 5.65. The number of anilines is 3. The van der Waals surface area contributed by atoms with Gasteiger partial charge in [-0.1, -0.05) is 0 Å². The topological polar surface area (TPSA) is 38.0 Å². The van der Waals surface area contributed by atoms with Gasteiger partial charge in [0.05, 0.1) is 0 Å². The zero-order valence-electron chi connectivity index (χ0n) is 9.90. The van der Waals surface area contributed by atoms with Crippen molar-refractivity contribution in [3.8, 4) is 0 Å². The Kier molecular flexibility index (Phi) is 3.33. The molecule has 0 bridgehead atoms. The predicted octanol–water partition coefficient (Wildman–Crippen LogP) is 3.88. The summed E-state index contributed by atoms with van der Waals surface area (Å²) in [5, 5.41) is 2.29. The Morgan fingerprint density at radius 2 is 1.47 bits per heavy atom. The van der Waals surface area contributed by atoms with E-state index in [-0.39, 0.29) is 11.8 Å². The van der Waals surface area contributed by atoms with Crippen molar-refractivity contribution < 1.29 is 17.6 Å². The summed E-state index contributed by atoms with van der Waals surface area (Å²) >= 11 is 0. The summed E-state index contributed by atoms with van der Waals surface area (Å²) in [4.78, 5) is 0. The molecule has 2 aromatic carbocycles. The van der Waals surface area contributed by atoms with Gasteiger partial charge in [0, 0.05) is 17.4 Å². The molecule has 100 valence electrons. The molecule has 19 heavy (non-hydrogen) atoms. The summed E-state index contributed by atoms with van der Waals surface area (Å²) in [6.07, 6.45) is 0. The van der Waals surface area contributed by atoms with Crippen molar-refractivity contribution in [2.75, 3.05) is 11.1 Å². The number of nitrogens with one attached hydrogen (secondary N) is 1. The van der Waals surface area contributed by atoms with E-state index in [0.717, 1.165) is 5.56 Å². The predicted molar refractivity (Wildman–Crippen MR) is 65.1 cm³/mol. The molecule has 0 radical (unpaired) electrons. The monoisotopic (exact) mass is 270 g/mol. The van der Waals surface area contributed by atoms with E-state index in [4.69, 9.17) is 5.73 Å². The molecular formula is C13H10F4N2. The first kappa shape index (κ1) is 13.2. The van der Waals surface area contributed by atoms with Gasteiger partial charge in [-0.15, -0.1) is 0 Å². The summed E-state index contributed by atoms with van der Waals surface area (Å²) in [5.41, 5.74) is 6.02. The van der Waals surface area contributed by atoms with Gasteiger partial charge in [-0.2, -0.15) is 0 Å². The van der Waals surface area contributed by atoms with Crippen LogP contribution in [-0.4, -0.2) is 0 Å². The zero-order chi connectivity index (χ0) is 14.2. The van der Waals surface area contributed by atoms with Crippen molar-refractivity contribution in [2.45, 2.75) is 6.92 Å². The third kappa shape index (κ3) is 2.62. The average Bonchev–Trinajstić information content (AvgIpc) is 2.31. The van der Waals surface area contributed by atoms with Crippen molar-refractivity contribution in [1.82, 2.24) is 0 Å². The van der Waals surface area contributed by atoms with E-state index < -0.39 is 29.0 Å². The van der Waals surface area contributed by atoms with E-state index >= 15 is 0 Å². The highest BCUT2D eigenvalue weighted by Gasteiger charge is 2.19. The Bertz CT molecular complexity index is 595. The van der Waals surface area contributed by atoms with Gasteiger partial charge in [0.2, 0.25) is 0 Å². The second-order valence-electron chi connectivity index (χ2n) is 4.10. The summed E-state index contributed by atoms with van der Waals surface area (Å²) in [6.45, 7) is 1.72. The first-order chi connectivity index (χ1) is 8.88. The lowest BCUT2D eigenvalue weighted by Gasteiger charge is -2.11. The Hall–Kier alpha value is -2.24. The molecule has 3 N–H and O–H groups in total. The molecule has 2 rings (SSSR count). The Morgan fingerprint density at radius 1 is 0.895 bits per heavy atom. The highest BCUT2D eigenvalue weighted by Crippen LogP contribution is 2.28. The quantitative estimate of drug-likeness (QED) is 0.494. The minimum absolute atomic E-state index is 0.153. The third-order valence-electron chi connectivity index (χ3n) is 2.48. The van der Waals surface area contributed by atoms with Crippen molar-refractivity contribution in [1.29, 1.82) is 0 Å². The van der Waals surface area contributed by atoms with Gasteiger partial charge in [0.25, 0.3) is 0 Å². The lowest BCUT2D eigenvalue weighted by Crippen LogP contribution is -2.03. The van der Waals surface area contributed by atoms with Gasteiger partial charge in [-0.05, 0) is 30.7 Å². The third-order valence-corrected chi connectivity index (χ3v) is 2.48. The SMILES string of the molecule is Cc1cc(N)cc(Nc2c(F)c(F)cc(F)c2F)c1. The largest absolute Gasteiger partial charge is 0.399 e. The first-order valence-corrected chi connectivity index (χ1v) is 5.35. The fourth-order valence-corrected chi connectivity index (χ4v) is 1.71. The molecule has 0 spiro atoms. The number of aryl methyl sites for hydroxylation is 1. The maximum Gasteiger partial charge on any atom is 0.185 e. The molecular weight excluding hydrogens is 260 g/mol. The Balaban J connectivity index is 2.49. The van der Waals surface area contributed by atoms with Crippen molar-refractivity contribution >= 4 is 17.1 Å². The van der Waals surface area contributed by atoms with Crippen LogP contribution in [-0.2, 0) is 0 Å². The molecule has 0 aliphatic rings. The van der Waals surface area contributed by atoms with Crippen LogP contribution in [0.5, 0.6) is 0 Å². The lowest BCUT2D eigenvalue weighted by molar-refractivity contribution is 0.459. The van der Waals surface area contributed by atoms with Crippen LogP contribution < -0.4 is 11.1 Å². The Labute approximate surface area is 106 Å². The second-order valence-corrected chi connectivity index (χ2v) is 4.10. The molecule has 2 aromatic rings. The van der Waals surface area contributed by atoms with Crippen LogP contribution in [0.25, 0.3) is 0 Å². The standard InChI is InChI=1S/C13H10F4N2/c1-6-2-7(18)4-8(3-6)19-13-11(16)9(14)5-10(15)12(13)17/h2-5,19H,18H2,1H3. The number of rotatable bonds is 2. The fourth-order valence-electron chi connectivity index (χ4n) is 1.71. The van der Waals surface area contributed by atoms with Crippen LogP contribution >= 0.6 is 0 Å². The van der Waals surface area contributed by atoms with Crippen LogP contribution in [0.1, 0.15) is 5.56 Å². The van der Waals surface area contributed by atoms with Crippen molar-refractivity contribution in [3.63, 3.8) is 0 Å². The van der Waals surface area contributed by atoms with Gasteiger partial charge >= 0.3 is 0 Å². The van der Waals surface area contributed by atoms with Crippen molar-refractivity contribution in [3.05, 3.63) is 53.1 Å². The molecule has 0 aromatic heterocycles. The van der Waals surface area contributed by atoms with Gasteiger partial charge in [-0.3, -0.25) is 0 Å². The molecule has 0 unspecified atom stereocenters. The zero-order valence-corrected chi connectivity index (χ0v) is 9.90. The van der Waals surface area contributed by atoms with Crippen LogP contribution in [0, 0.1) is 30.2 Å². The number of halogens is 4. The van der Waals surface area contributed by atoms with Gasteiger partial charge in [-0.25, -0.2) is 17.6 Å². The summed E-state index contributed by atoms with van der Waals surface area (Å²) in [5.74, 6) is -5.91. The van der Waals surface area contributed by atoms with Crippen LogP contribution in [0.4, 0.5) is 34.6 Å². The molecule has 0 saturated carbocycles. The van der Waals surface area contributed by atoms with E-state index in [1.165, 1.54) is 12.1 Å².